The van der Waals surface area contributed by atoms with Gasteiger partial charge in [-0.3, -0.25) is 0 Å². The van der Waals surface area contributed by atoms with E-state index in [1.165, 1.54) is 46.4 Å². The molecule has 1 aromatic heterocycles. The van der Waals surface area contributed by atoms with Crippen LogP contribution in [0.15, 0.2) is 42.5 Å². The monoisotopic (exact) mass is 516 g/mol. The summed E-state index contributed by atoms with van der Waals surface area (Å²) in [6.07, 6.45) is 2.69. The van der Waals surface area contributed by atoms with Crippen LogP contribution in [0.4, 0.5) is 10.5 Å². The van der Waals surface area contributed by atoms with Crippen molar-refractivity contribution in [2.24, 2.45) is 0 Å². The molecular weight excluding hydrogens is 472 g/mol. The van der Waals surface area contributed by atoms with Gasteiger partial charge in [0.15, 0.2) is 0 Å². The van der Waals surface area contributed by atoms with Gasteiger partial charge in [-0.1, -0.05) is 57.5 Å². The van der Waals surface area contributed by atoms with E-state index in [4.69, 9.17) is 4.74 Å². The third kappa shape index (κ3) is 4.79. The van der Waals surface area contributed by atoms with Crippen LogP contribution in [-0.2, 0) is 4.74 Å². The van der Waals surface area contributed by atoms with Gasteiger partial charge in [-0.05, 0) is 63.0 Å². The molecule has 0 aliphatic carbocycles. The number of aromatic amines is 1. The molecule has 0 bridgehead atoms. The zero-order chi connectivity index (χ0) is 26.8. The van der Waals surface area contributed by atoms with Crippen LogP contribution in [0.1, 0.15) is 94.1 Å². The molecule has 1 fully saturated rings. The van der Waals surface area contributed by atoms with E-state index in [2.05, 4.69) is 90.3 Å². The number of hydrogen-bond acceptors (Lipinski definition) is 4. The molecule has 6 nitrogen and oxygen atoms in total. The minimum atomic E-state index is -0.350. The quantitative estimate of drug-likeness (QED) is 0.324. The summed E-state index contributed by atoms with van der Waals surface area (Å²) in [7, 11) is 0. The van der Waals surface area contributed by atoms with Crippen LogP contribution in [0.3, 0.4) is 0 Å². The van der Waals surface area contributed by atoms with Crippen molar-refractivity contribution in [1.29, 1.82) is 0 Å². The average molecular weight is 517 g/mol. The molecule has 6 heteroatoms. The Labute approximate surface area is 227 Å². The number of fused-ring (bicyclic) bond motifs is 4. The highest BCUT2D eigenvalue weighted by Crippen LogP contribution is 2.47. The Morgan fingerprint density at radius 2 is 1.95 bits per heavy atom. The second-order valence-corrected chi connectivity index (χ2v) is 10.9. The highest BCUT2D eigenvalue weighted by atomic mass is 16.5. The van der Waals surface area contributed by atoms with Crippen molar-refractivity contribution in [3.05, 3.63) is 64.8 Å². The molecule has 0 saturated carbocycles. The van der Waals surface area contributed by atoms with Crippen LogP contribution in [0, 0.1) is 0 Å². The molecule has 3 aromatic rings. The number of amides is 1. The molecule has 4 atom stereocenters. The molecule has 38 heavy (non-hydrogen) atoms. The number of alkyl carbamates (subject to hydrolysis) is 1. The molecule has 2 aliphatic rings. The fourth-order valence-electron chi connectivity index (χ4n) is 6.91. The predicted molar refractivity (Wildman–Crippen MR) is 156 cm³/mol. The molecule has 2 N–H and O–H groups in total. The number of likely N-dealkylation sites (N-methyl/N-ethyl adjacent to an activating group) is 2. The van der Waals surface area contributed by atoms with E-state index in [1.807, 2.05) is 6.92 Å². The minimum absolute atomic E-state index is 0.111. The van der Waals surface area contributed by atoms with Crippen molar-refractivity contribution in [3.63, 3.8) is 0 Å². The van der Waals surface area contributed by atoms with Gasteiger partial charge in [0.25, 0.3) is 0 Å². The summed E-state index contributed by atoms with van der Waals surface area (Å²) < 4.78 is 5.28. The Bertz CT molecular complexity index is 1270. The molecule has 2 aliphatic heterocycles. The first kappa shape index (κ1) is 26.6. The summed E-state index contributed by atoms with van der Waals surface area (Å²) in [6, 6.07) is 16.1. The maximum absolute atomic E-state index is 12.5. The van der Waals surface area contributed by atoms with E-state index in [-0.39, 0.29) is 18.1 Å². The topological polar surface area (TPSA) is 60.6 Å². The molecule has 204 valence electrons. The van der Waals surface area contributed by atoms with Gasteiger partial charge < -0.3 is 24.8 Å². The van der Waals surface area contributed by atoms with Gasteiger partial charge >= 0.3 is 6.09 Å². The van der Waals surface area contributed by atoms with E-state index in [9.17, 15) is 4.79 Å². The number of likely N-dealkylation sites (tertiary alicyclic amines) is 1. The third-order valence-corrected chi connectivity index (χ3v) is 8.82. The average Bonchev–Trinajstić information content (AvgIpc) is 3.47. The van der Waals surface area contributed by atoms with Gasteiger partial charge in [0.1, 0.15) is 0 Å². The number of para-hydroxylation sites is 1. The van der Waals surface area contributed by atoms with Gasteiger partial charge in [-0.2, -0.15) is 0 Å². The standard InChI is InChI=1S/C32H44N4O2/c1-6-12-27(34-32(37)38-9-4)30-24-13-10-11-14-26(24)33-31(30)21(5)22-15-16-28-25(19-22)23-17-18-35(7-2)20-29(23)36(28)8-3/h10-11,13-16,19,21,23,27,29,33H,6-9,12,17-18,20H2,1-5H3,(H,34,37). The van der Waals surface area contributed by atoms with Gasteiger partial charge in [0.2, 0.25) is 0 Å². The van der Waals surface area contributed by atoms with Crippen LogP contribution < -0.4 is 10.2 Å². The maximum atomic E-state index is 12.5. The number of hydrogen-bond donors (Lipinski definition) is 2. The lowest BCUT2D eigenvalue weighted by atomic mass is 9.85. The number of carbonyl (C=O) groups is 1. The number of anilines is 1. The second-order valence-electron chi connectivity index (χ2n) is 10.9. The number of piperidine rings is 1. The third-order valence-electron chi connectivity index (χ3n) is 8.82. The predicted octanol–water partition coefficient (Wildman–Crippen LogP) is 6.92. The number of nitrogens with one attached hydrogen (secondary N) is 2. The molecule has 3 heterocycles. The molecule has 2 aromatic carbocycles. The molecule has 1 saturated heterocycles. The van der Waals surface area contributed by atoms with Crippen LogP contribution in [-0.4, -0.2) is 54.8 Å². The first-order valence-corrected chi connectivity index (χ1v) is 14.7. The molecule has 4 unspecified atom stereocenters. The summed E-state index contributed by atoms with van der Waals surface area (Å²) in [5, 5.41) is 4.35. The molecular formula is C32H44N4O2. The van der Waals surface area contributed by atoms with E-state index < -0.39 is 0 Å². The highest BCUT2D eigenvalue weighted by molar-refractivity contribution is 5.86. The Morgan fingerprint density at radius 1 is 1.13 bits per heavy atom. The van der Waals surface area contributed by atoms with E-state index in [0.717, 1.165) is 38.0 Å². The second kappa shape index (κ2) is 11.4. The first-order chi connectivity index (χ1) is 18.5. The molecule has 1 amide bonds. The maximum Gasteiger partial charge on any atom is 0.407 e. The molecule has 0 spiro atoms. The Kier molecular flexibility index (Phi) is 7.98. The summed E-state index contributed by atoms with van der Waals surface area (Å²) in [6.45, 7) is 15.7. The Hall–Kier alpha value is -2.99. The molecule has 5 rings (SSSR count). The van der Waals surface area contributed by atoms with Crippen LogP contribution in [0.2, 0.25) is 0 Å². The van der Waals surface area contributed by atoms with Crippen molar-refractivity contribution in [3.8, 4) is 0 Å². The van der Waals surface area contributed by atoms with Gasteiger partial charge in [0.05, 0.1) is 12.6 Å². The summed E-state index contributed by atoms with van der Waals surface area (Å²) in [4.78, 5) is 21.5. The van der Waals surface area contributed by atoms with E-state index in [0.29, 0.717) is 18.6 Å². The van der Waals surface area contributed by atoms with Crippen molar-refractivity contribution < 1.29 is 9.53 Å². The normalized spacial score (nSPS) is 20.7. The number of ether oxygens (including phenoxy) is 1. The Balaban J connectivity index is 1.54. The van der Waals surface area contributed by atoms with E-state index >= 15 is 0 Å². The fraction of sp³-hybridized carbons (Fsp3) is 0.531. The van der Waals surface area contributed by atoms with Crippen LogP contribution in [0.5, 0.6) is 0 Å². The number of benzene rings is 2. The van der Waals surface area contributed by atoms with Gasteiger partial charge in [0, 0.05) is 58.8 Å². The zero-order valence-corrected chi connectivity index (χ0v) is 23.7. The van der Waals surface area contributed by atoms with Crippen molar-refractivity contribution in [1.82, 2.24) is 15.2 Å². The lowest BCUT2D eigenvalue weighted by Crippen LogP contribution is -2.48. The Morgan fingerprint density at radius 3 is 2.68 bits per heavy atom. The molecule has 0 radical (unpaired) electrons. The minimum Gasteiger partial charge on any atom is -0.450 e. The SMILES string of the molecule is CCCC(NC(=O)OCC)c1c(C(C)c2ccc3c(c2)C2CCN(CC)CC2N3CC)[nH]c2ccccc12. The largest absolute Gasteiger partial charge is 0.450 e. The number of aromatic nitrogens is 1. The smallest absolute Gasteiger partial charge is 0.407 e. The van der Waals surface area contributed by atoms with Gasteiger partial charge in [-0.15, -0.1) is 0 Å². The summed E-state index contributed by atoms with van der Waals surface area (Å²) in [5.74, 6) is 0.760. The van der Waals surface area contributed by atoms with Crippen molar-refractivity contribution in [2.45, 2.75) is 77.8 Å². The van der Waals surface area contributed by atoms with Crippen molar-refractivity contribution in [2.75, 3.05) is 37.7 Å². The van der Waals surface area contributed by atoms with Crippen molar-refractivity contribution >= 4 is 22.7 Å². The number of carbonyl (C=O) groups excluding carboxylic acids is 1. The first-order valence-electron chi connectivity index (χ1n) is 14.7. The lowest BCUT2D eigenvalue weighted by molar-refractivity contribution is 0.147. The highest BCUT2D eigenvalue weighted by Gasteiger charge is 2.41. The number of nitrogens with zero attached hydrogens (tertiary/aromatic N) is 2. The number of rotatable bonds is 9. The van der Waals surface area contributed by atoms with E-state index in [1.54, 1.807) is 0 Å². The number of H-pyrrole nitrogens is 1. The summed E-state index contributed by atoms with van der Waals surface area (Å²) in [5.41, 5.74) is 7.75. The van der Waals surface area contributed by atoms with Crippen LogP contribution in [0.25, 0.3) is 10.9 Å². The van der Waals surface area contributed by atoms with Gasteiger partial charge in [-0.25, -0.2) is 4.79 Å². The summed E-state index contributed by atoms with van der Waals surface area (Å²) >= 11 is 0. The van der Waals surface area contributed by atoms with Crippen LogP contribution >= 0.6 is 0 Å². The lowest BCUT2D eigenvalue weighted by Gasteiger charge is -2.38. The fourth-order valence-corrected chi connectivity index (χ4v) is 6.91. The zero-order valence-electron chi connectivity index (χ0n) is 23.7.